The second-order valence-corrected chi connectivity index (χ2v) is 1.75. The third kappa shape index (κ3) is 18.6. The van der Waals surface area contributed by atoms with Gasteiger partial charge in [-0.05, 0) is 12.6 Å². The standard InChI is InChI=1S/C8H4O2.4CO.Fe/c9-5-7-3-1-2-4-8(7)6-10;4*1-2;/h1-4H;;;;;/q-2;;;;;+2. The van der Waals surface area contributed by atoms with Gasteiger partial charge in [-0.1, -0.05) is 0 Å². The second kappa shape index (κ2) is 36.0. The molecule has 1 aromatic carbocycles. The summed E-state index contributed by atoms with van der Waals surface area (Å²) in [5.41, 5.74) is 0.523. The normalized spacial score (nSPS) is 5.05. The maximum Gasteiger partial charge on any atom is 2.00 e. The Morgan fingerprint density at radius 1 is 0.684 bits per heavy atom. The van der Waals surface area contributed by atoms with E-state index >= 15 is 0 Å². The van der Waals surface area contributed by atoms with Crippen LogP contribution in [0.25, 0.3) is 0 Å². The van der Waals surface area contributed by atoms with Crippen LogP contribution < -0.4 is 0 Å². The van der Waals surface area contributed by atoms with E-state index in [1.807, 2.05) is 0 Å². The van der Waals surface area contributed by atoms with Crippen molar-refractivity contribution < 1.29 is 45.3 Å². The van der Waals surface area contributed by atoms with Gasteiger partial charge < -0.3 is 9.59 Å². The molecular weight excluding hydrogens is 296 g/mol. The molecule has 0 radical (unpaired) electrons. The molecule has 0 spiro atoms. The molecule has 6 nitrogen and oxygen atoms in total. The first-order valence-electron chi connectivity index (χ1n) is 3.55. The van der Waals surface area contributed by atoms with Crippen molar-refractivity contribution in [3.05, 3.63) is 62.0 Å². The van der Waals surface area contributed by atoms with Crippen LogP contribution in [-0.2, 0) is 45.3 Å². The third-order valence-electron chi connectivity index (χ3n) is 1.15. The van der Waals surface area contributed by atoms with Crippen LogP contribution in [0.15, 0.2) is 24.3 Å². The molecule has 0 aliphatic rings. The largest absolute Gasteiger partial charge is 2.00 e. The van der Waals surface area contributed by atoms with E-state index in [-0.39, 0.29) is 28.2 Å². The van der Waals surface area contributed by atoms with Gasteiger partial charge in [0.15, 0.2) is 0 Å². The molecule has 0 aliphatic carbocycles. The number of hydrogen-bond donors (Lipinski definition) is 0. The molecule has 7 heteroatoms. The molecule has 1 aromatic rings. The summed E-state index contributed by atoms with van der Waals surface area (Å²) in [6.45, 7) is 18.0. The number of rotatable bonds is 2. The van der Waals surface area contributed by atoms with Crippen molar-refractivity contribution in [1.82, 2.24) is 0 Å². The summed E-state index contributed by atoms with van der Waals surface area (Å²) in [6, 6.07) is 6.38. The van der Waals surface area contributed by atoms with Crippen LogP contribution in [0.2, 0.25) is 0 Å². The average molecular weight is 300 g/mol. The van der Waals surface area contributed by atoms with Gasteiger partial charge in [0.05, 0.1) is 0 Å². The number of carbonyl (C=O) groups excluding carboxylic acids is 2. The Balaban J connectivity index is -0.0000000628. The predicted molar refractivity (Wildman–Crippen MR) is 51.8 cm³/mol. The Hall–Kier alpha value is -1.96. The first kappa shape index (κ1) is 30.2. The minimum absolute atomic E-state index is 0. The van der Waals surface area contributed by atoms with E-state index in [1.54, 1.807) is 24.7 Å². The molecule has 0 bridgehead atoms. The summed E-state index contributed by atoms with van der Waals surface area (Å²) in [4.78, 5) is 20.2. The van der Waals surface area contributed by atoms with Crippen molar-refractivity contribution >= 4 is 12.6 Å². The Morgan fingerprint density at radius 2 is 0.895 bits per heavy atom. The van der Waals surface area contributed by atoms with Crippen LogP contribution in [0.3, 0.4) is 0 Å². The van der Waals surface area contributed by atoms with Gasteiger partial charge in [0.25, 0.3) is 0 Å². The van der Waals surface area contributed by atoms with Gasteiger partial charge in [-0.25, -0.2) is 12.1 Å². The predicted octanol–water partition coefficient (Wildman–Crippen LogP) is 0.450. The van der Waals surface area contributed by atoms with Crippen molar-refractivity contribution in [3.63, 3.8) is 0 Å². The molecule has 0 saturated carbocycles. The topological polar surface area (TPSA) is 114 Å². The average Bonchev–Trinajstić information content (AvgIpc) is 2.55. The number of benzene rings is 1. The van der Waals surface area contributed by atoms with Gasteiger partial charge in [-0.15, -0.1) is 12.1 Å². The molecule has 0 heterocycles. The molecule has 0 N–H and O–H groups in total. The molecular formula is C12H4FeO6. The van der Waals surface area contributed by atoms with Gasteiger partial charge >= 0.3 is 62.3 Å². The van der Waals surface area contributed by atoms with Gasteiger partial charge in [0, 0.05) is 0 Å². The van der Waals surface area contributed by atoms with Gasteiger partial charge in [-0.2, -0.15) is 0 Å². The Kier molecular flexibility index (Phi) is 57.3. The Morgan fingerprint density at radius 3 is 1.05 bits per heavy atom. The van der Waals surface area contributed by atoms with Crippen molar-refractivity contribution in [1.29, 1.82) is 0 Å². The van der Waals surface area contributed by atoms with Gasteiger partial charge in [-0.3, -0.25) is 11.1 Å². The van der Waals surface area contributed by atoms with Gasteiger partial charge in [0.2, 0.25) is 0 Å². The molecule has 0 aliphatic heterocycles. The molecule has 96 valence electrons. The summed E-state index contributed by atoms with van der Waals surface area (Å²) in [5.74, 6) is 0. The fraction of sp³-hybridized carbons (Fsp3) is 0. The maximum atomic E-state index is 10.1. The zero-order valence-electron chi connectivity index (χ0n) is 9.11. The Labute approximate surface area is 120 Å². The third-order valence-corrected chi connectivity index (χ3v) is 1.15. The first-order valence-corrected chi connectivity index (χ1v) is 3.55. The van der Waals surface area contributed by atoms with E-state index in [0.29, 0.717) is 0 Å². The molecule has 0 unspecified atom stereocenters. The quantitative estimate of drug-likeness (QED) is 0.448. The van der Waals surface area contributed by atoms with Crippen LogP contribution in [0.4, 0.5) is 0 Å². The van der Waals surface area contributed by atoms with Crippen molar-refractivity contribution in [2.24, 2.45) is 0 Å². The molecule has 0 amide bonds. The minimum Gasteiger partial charge on any atom is 2.00 e. The van der Waals surface area contributed by atoms with E-state index in [4.69, 9.17) is 18.6 Å². The van der Waals surface area contributed by atoms with Crippen LogP contribution in [0.5, 0.6) is 0 Å². The minimum atomic E-state index is 0. The maximum absolute atomic E-state index is 10.1. The molecule has 19 heavy (non-hydrogen) atoms. The van der Waals surface area contributed by atoms with Crippen LogP contribution >= 0.6 is 0 Å². The van der Waals surface area contributed by atoms with Crippen LogP contribution in [-0.4, -0.2) is 12.6 Å². The molecule has 0 fully saturated rings. The zero-order chi connectivity index (χ0) is 15.4. The molecule has 1 rings (SSSR count). The molecule has 0 saturated heterocycles. The van der Waals surface area contributed by atoms with Gasteiger partial charge in [0.1, 0.15) is 0 Å². The first-order chi connectivity index (χ1) is 8.88. The van der Waals surface area contributed by atoms with Crippen molar-refractivity contribution in [3.8, 4) is 0 Å². The molecule has 0 atom stereocenters. The summed E-state index contributed by atoms with van der Waals surface area (Å²) in [6.07, 6.45) is 3.27. The molecule has 0 aromatic heterocycles. The van der Waals surface area contributed by atoms with E-state index in [0.717, 1.165) is 0 Å². The summed E-state index contributed by atoms with van der Waals surface area (Å²) in [5, 5.41) is 0. The van der Waals surface area contributed by atoms with Crippen molar-refractivity contribution in [2.75, 3.05) is 0 Å². The smallest absolute Gasteiger partial charge is 2.00 e. The second-order valence-electron chi connectivity index (χ2n) is 1.75. The summed E-state index contributed by atoms with van der Waals surface area (Å²) in [7, 11) is 0. The SMILES string of the molecule is O=[C-]c1ccccc1[C-]=O.[C-]#[O+].[C-]#[O+].[C-]#[O+].[C-]#[O+].[Fe+2]. The fourth-order valence-corrected chi connectivity index (χ4v) is 0.661. The summed E-state index contributed by atoms with van der Waals surface area (Å²) < 4.78 is 30.0. The van der Waals surface area contributed by atoms with E-state index < -0.39 is 0 Å². The summed E-state index contributed by atoms with van der Waals surface area (Å²) >= 11 is 0. The monoisotopic (exact) mass is 300 g/mol. The van der Waals surface area contributed by atoms with E-state index in [2.05, 4.69) is 26.6 Å². The van der Waals surface area contributed by atoms with Crippen molar-refractivity contribution in [2.45, 2.75) is 0 Å². The van der Waals surface area contributed by atoms with Crippen LogP contribution in [0.1, 0.15) is 11.1 Å². The fourth-order valence-electron chi connectivity index (χ4n) is 0.661. The zero-order valence-corrected chi connectivity index (χ0v) is 10.2. The van der Waals surface area contributed by atoms with E-state index in [1.165, 1.54) is 12.1 Å². The number of hydrogen-bond acceptors (Lipinski definition) is 2. The van der Waals surface area contributed by atoms with E-state index in [9.17, 15) is 9.59 Å². The van der Waals surface area contributed by atoms with Crippen LogP contribution in [0, 0.1) is 26.6 Å². The Bertz CT molecular complexity index is 354.